The van der Waals surface area contributed by atoms with Crippen LogP contribution < -0.4 is 0 Å². The Bertz CT molecular complexity index is 181. The lowest BCUT2D eigenvalue weighted by molar-refractivity contribution is 0.119. The van der Waals surface area contributed by atoms with E-state index in [2.05, 4.69) is 30.7 Å². The maximum Gasteiger partial charge on any atom is 0.0223 e. The van der Waals surface area contributed by atoms with E-state index in [1.54, 1.807) is 0 Å². The van der Waals surface area contributed by atoms with Crippen LogP contribution in [0.1, 0.15) is 20.3 Å². The Hall–Kier alpha value is -0.0800. The molecule has 0 N–H and O–H groups in total. The van der Waals surface area contributed by atoms with E-state index in [1.807, 2.05) is 0 Å². The second kappa shape index (κ2) is 3.58. The fourth-order valence-electron chi connectivity index (χ4n) is 3.03. The minimum Gasteiger partial charge on any atom is -0.302 e. The van der Waals surface area contributed by atoms with E-state index in [0.717, 1.165) is 17.9 Å². The Morgan fingerprint density at radius 1 is 0.923 bits per heavy atom. The van der Waals surface area contributed by atoms with E-state index >= 15 is 0 Å². The Kier molecular flexibility index (Phi) is 2.61. The summed E-state index contributed by atoms with van der Waals surface area (Å²) in [6.07, 6.45) is 1.40. The SMILES string of the molecule is CC1CC2CN(C1)CC(C)CN2C. The summed E-state index contributed by atoms with van der Waals surface area (Å²) >= 11 is 0. The van der Waals surface area contributed by atoms with Crippen LogP contribution in [0.3, 0.4) is 0 Å². The molecule has 13 heavy (non-hydrogen) atoms. The summed E-state index contributed by atoms with van der Waals surface area (Å²) in [5.74, 6) is 1.74. The first kappa shape index (κ1) is 9.47. The van der Waals surface area contributed by atoms with E-state index < -0.39 is 0 Å². The third-order valence-electron chi connectivity index (χ3n) is 3.51. The van der Waals surface area contributed by atoms with Crippen LogP contribution in [0.4, 0.5) is 0 Å². The van der Waals surface area contributed by atoms with Gasteiger partial charge >= 0.3 is 0 Å². The van der Waals surface area contributed by atoms with Gasteiger partial charge in [0.05, 0.1) is 0 Å². The molecule has 0 radical (unpaired) electrons. The molecule has 4 atom stereocenters. The number of hydrogen-bond donors (Lipinski definition) is 0. The first-order valence-corrected chi connectivity index (χ1v) is 5.57. The van der Waals surface area contributed by atoms with E-state index in [4.69, 9.17) is 0 Å². The first-order valence-electron chi connectivity index (χ1n) is 5.57. The summed E-state index contributed by atoms with van der Waals surface area (Å²) in [4.78, 5) is 5.23. The van der Waals surface area contributed by atoms with Crippen molar-refractivity contribution in [3.8, 4) is 0 Å². The molecule has 2 aliphatic rings. The molecule has 0 aromatic carbocycles. The highest BCUT2D eigenvalue weighted by atomic mass is 15.2. The second-order valence-electron chi connectivity index (χ2n) is 5.26. The Balaban J connectivity index is 2.08. The molecule has 76 valence electrons. The summed E-state index contributed by atoms with van der Waals surface area (Å²) in [5, 5.41) is 0. The molecule has 0 aromatic rings. The fraction of sp³-hybridized carbons (Fsp3) is 1.00. The molecular formula is C11H22N2. The summed E-state index contributed by atoms with van der Waals surface area (Å²) in [6, 6.07) is 0.827. The molecule has 0 aromatic heterocycles. The maximum atomic E-state index is 2.66. The molecule has 0 amide bonds. The minimum absolute atomic E-state index is 0.827. The van der Waals surface area contributed by atoms with Crippen LogP contribution in [0.25, 0.3) is 0 Å². The summed E-state index contributed by atoms with van der Waals surface area (Å²) in [5.41, 5.74) is 0. The van der Waals surface area contributed by atoms with Crippen LogP contribution in [0.2, 0.25) is 0 Å². The number of piperidine rings is 1. The monoisotopic (exact) mass is 182 g/mol. The van der Waals surface area contributed by atoms with E-state index in [0.29, 0.717) is 0 Å². The molecule has 0 saturated carbocycles. The van der Waals surface area contributed by atoms with Crippen molar-refractivity contribution in [1.29, 1.82) is 0 Å². The molecule has 2 saturated heterocycles. The van der Waals surface area contributed by atoms with Crippen molar-refractivity contribution >= 4 is 0 Å². The lowest BCUT2D eigenvalue weighted by Gasteiger charge is -2.37. The highest BCUT2D eigenvalue weighted by molar-refractivity contribution is 4.87. The maximum absolute atomic E-state index is 2.66. The zero-order valence-corrected chi connectivity index (χ0v) is 9.16. The second-order valence-corrected chi connectivity index (χ2v) is 5.26. The van der Waals surface area contributed by atoms with Gasteiger partial charge in [-0.2, -0.15) is 0 Å². The zero-order chi connectivity index (χ0) is 9.42. The Morgan fingerprint density at radius 2 is 1.62 bits per heavy atom. The Morgan fingerprint density at radius 3 is 2.38 bits per heavy atom. The van der Waals surface area contributed by atoms with Crippen LogP contribution >= 0.6 is 0 Å². The first-order chi connectivity index (χ1) is 6.15. The molecule has 4 unspecified atom stereocenters. The van der Waals surface area contributed by atoms with Crippen molar-refractivity contribution in [2.75, 3.05) is 33.2 Å². The van der Waals surface area contributed by atoms with Gasteiger partial charge in [-0.15, -0.1) is 0 Å². The third-order valence-corrected chi connectivity index (χ3v) is 3.51. The Labute approximate surface area is 81.9 Å². The quantitative estimate of drug-likeness (QED) is 0.557. The number of hydrogen-bond acceptors (Lipinski definition) is 2. The van der Waals surface area contributed by atoms with Crippen LogP contribution in [-0.2, 0) is 0 Å². The standard InChI is InChI=1S/C11H22N2/c1-9-4-11-8-13(6-9)7-10(2)5-12(11)3/h9-11H,4-8H2,1-3H3. The molecule has 2 rings (SSSR count). The van der Waals surface area contributed by atoms with Gasteiger partial charge in [0.25, 0.3) is 0 Å². The van der Waals surface area contributed by atoms with Gasteiger partial charge in [-0.3, -0.25) is 0 Å². The summed E-state index contributed by atoms with van der Waals surface area (Å²) < 4.78 is 0. The predicted octanol–water partition coefficient (Wildman–Crippen LogP) is 1.28. The van der Waals surface area contributed by atoms with E-state index in [-0.39, 0.29) is 0 Å². The lowest BCUT2D eigenvalue weighted by Crippen LogP contribution is -2.46. The highest BCUT2D eigenvalue weighted by Gasteiger charge is 2.31. The molecule has 2 bridgehead atoms. The molecular weight excluding hydrogens is 160 g/mol. The summed E-state index contributed by atoms with van der Waals surface area (Å²) in [7, 11) is 2.29. The number of likely N-dealkylation sites (N-methyl/N-ethyl adjacent to an activating group) is 1. The highest BCUT2D eigenvalue weighted by Crippen LogP contribution is 2.24. The van der Waals surface area contributed by atoms with Gasteiger partial charge in [-0.1, -0.05) is 13.8 Å². The zero-order valence-electron chi connectivity index (χ0n) is 9.16. The summed E-state index contributed by atoms with van der Waals surface area (Å²) in [6.45, 7) is 10.0. The van der Waals surface area contributed by atoms with Crippen molar-refractivity contribution < 1.29 is 0 Å². The molecule has 2 heteroatoms. The molecule has 2 aliphatic heterocycles. The van der Waals surface area contributed by atoms with Crippen LogP contribution in [-0.4, -0.2) is 49.1 Å². The van der Waals surface area contributed by atoms with Crippen molar-refractivity contribution in [1.82, 2.24) is 9.80 Å². The van der Waals surface area contributed by atoms with Gasteiger partial charge in [0.15, 0.2) is 0 Å². The van der Waals surface area contributed by atoms with Gasteiger partial charge in [0, 0.05) is 32.2 Å². The largest absolute Gasteiger partial charge is 0.302 e. The van der Waals surface area contributed by atoms with Gasteiger partial charge in [0.1, 0.15) is 0 Å². The van der Waals surface area contributed by atoms with Gasteiger partial charge in [-0.25, -0.2) is 0 Å². The lowest BCUT2D eigenvalue weighted by atomic mass is 9.96. The number of fused-ring (bicyclic) bond motifs is 2. The third kappa shape index (κ3) is 2.05. The molecule has 2 heterocycles. The van der Waals surface area contributed by atoms with Gasteiger partial charge in [-0.05, 0) is 25.3 Å². The van der Waals surface area contributed by atoms with Crippen LogP contribution in [0, 0.1) is 11.8 Å². The van der Waals surface area contributed by atoms with Gasteiger partial charge in [0.2, 0.25) is 0 Å². The van der Waals surface area contributed by atoms with Crippen molar-refractivity contribution in [3.05, 3.63) is 0 Å². The smallest absolute Gasteiger partial charge is 0.0223 e. The van der Waals surface area contributed by atoms with Crippen molar-refractivity contribution in [2.45, 2.75) is 26.3 Å². The predicted molar refractivity (Wildman–Crippen MR) is 55.8 cm³/mol. The van der Waals surface area contributed by atoms with Gasteiger partial charge < -0.3 is 9.80 Å². The van der Waals surface area contributed by atoms with Crippen molar-refractivity contribution in [3.63, 3.8) is 0 Å². The van der Waals surface area contributed by atoms with Crippen molar-refractivity contribution in [2.24, 2.45) is 11.8 Å². The average molecular weight is 182 g/mol. The molecule has 2 nitrogen and oxygen atoms in total. The molecule has 0 aliphatic carbocycles. The van der Waals surface area contributed by atoms with E-state index in [1.165, 1.54) is 32.6 Å². The molecule has 2 fully saturated rings. The number of nitrogens with zero attached hydrogens (tertiary/aromatic N) is 2. The van der Waals surface area contributed by atoms with E-state index in [9.17, 15) is 0 Å². The normalized spacial score (nSPS) is 47.3. The number of rotatable bonds is 0. The average Bonchev–Trinajstić information content (AvgIpc) is 2.09. The van der Waals surface area contributed by atoms with Crippen LogP contribution in [0.5, 0.6) is 0 Å². The minimum atomic E-state index is 0.827. The topological polar surface area (TPSA) is 6.48 Å². The molecule has 0 spiro atoms. The van der Waals surface area contributed by atoms with Crippen LogP contribution in [0.15, 0.2) is 0 Å². The fourth-order valence-corrected chi connectivity index (χ4v) is 3.03.